The molecule has 1 aromatic carbocycles. The van der Waals surface area contributed by atoms with Gasteiger partial charge in [-0.25, -0.2) is 8.42 Å². The van der Waals surface area contributed by atoms with Gasteiger partial charge in [0.1, 0.15) is 0 Å². The van der Waals surface area contributed by atoms with E-state index in [-0.39, 0.29) is 0 Å². The number of piperazine rings is 1. The minimum absolute atomic E-state index is 0.380. The van der Waals surface area contributed by atoms with Gasteiger partial charge in [-0.3, -0.25) is 14.8 Å². The average molecular weight is 417 g/mol. The molecule has 0 bridgehead atoms. The summed E-state index contributed by atoms with van der Waals surface area (Å²) in [7, 11) is -3.45. The Balaban J connectivity index is 1.34. The molecular formula is C21H28N4O3S. The first-order valence-electron chi connectivity index (χ1n) is 10.1. The van der Waals surface area contributed by atoms with E-state index >= 15 is 0 Å². The van der Waals surface area contributed by atoms with Crippen LogP contribution in [0, 0.1) is 0 Å². The number of morpholine rings is 1. The van der Waals surface area contributed by atoms with E-state index in [1.165, 1.54) is 4.31 Å². The Morgan fingerprint density at radius 3 is 2.28 bits per heavy atom. The molecule has 2 fully saturated rings. The Labute approximate surface area is 172 Å². The zero-order valence-electron chi connectivity index (χ0n) is 16.6. The lowest BCUT2D eigenvalue weighted by molar-refractivity contribution is 0.0730. The Kier molecular flexibility index (Phi) is 6.56. The standard InChI is InChI=1S/C21H28N4O3S/c26-29(27,25-12-14-28-15-13-25)21-6-3-4-19(16-21)17-23-8-10-24(11-9-23)18-20-5-1-2-7-22-20/h1-7,16H,8-15,17-18H2. The van der Waals surface area contributed by atoms with Crippen molar-refractivity contribution in [3.05, 3.63) is 59.9 Å². The molecule has 2 aromatic rings. The number of aromatic nitrogens is 1. The molecule has 0 radical (unpaired) electrons. The molecule has 3 heterocycles. The van der Waals surface area contributed by atoms with Crippen molar-refractivity contribution in [1.82, 2.24) is 19.1 Å². The Morgan fingerprint density at radius 1 is 0.862 bits per heavy atom. The molecule has 2 aliphatic heterocycles. The third kappa shape index (κ3) is 5.21. The van der Waals surface area contributed by atoms with E-state index in [1.54, 1.807) is 6.07 Å². The second-order valence-electron chi connectivity index (χ2n) is 7.54. The summed E-state index contributed by atoms with van der Waals surface area (Å²) in [6, 6.07) is 13.4. The van der Waals surface area contributed by atoms with Gasteiger partial charge in [0.05, 0.1) is 23.8 Å². The molecule has 1 aromatic heterocycles. The van der Waals surface area contributed by atoms with Crippen LogP contribution in [-0.4, -0.2) is 80.0 Å². The Hall–Kier alpha value is -1.84. The molecule has 0 N–H and O–H groups in total. The van der Waals surface area contributed by atoms with Crippen molar-refractivity contribution >= 4 is 10.0 Å². The number of hydrogen-bond donors (Lipinski definition) is 0. The third-order valence-corrected chi connectivity index (χ3v) is 7.38. The lowest BCUT2D eigenvalue weighted by Gasteiger charge is -2.34. The van der Waals surface area contributed by atoms with E-state index in [4.69, 9.17) is 4.74 Å². The smallest absolute Gasteiger partial charge is 0.243 e. The van der Waals surface area contributed by atoms with E-state index in [0.29, 0.717) is 31.2 Å². The van der Waals surface area contributed by atoms with E-state index in [1.807, 2.05) is 36.5 Å². The molecule has 0 amide bonds. The molecule has 0 saturated carbocycles. The predicted octanol–water partition coefficient (Wildman–Crippen LogP) is 1.42. The van der Waals surface area contributed by atoms with Crippen LogP contribution in [0.4, 0.5) is 0 Å². The minimum atomic E-state index is -3.45. The predicted molar refractivity (Wildman–Crippen MR) is 111 cm³/mol. The number of benzene rings is 1. The van der Waals surface area contributed by atoms with Crippen molar-refractivity contribution in [1.29, 1.82) is 0 Å². The SMILES string of the molecule is O=S(=O)(c1cccc(CN2CCN(Cc3ccccn3)CC2)c1)N1CCOCC1. The first-order valence-corrected chi connectivity index (χ1v) is 11.6. The fourth-order valence-electron chi connectivity index (χ4n) is 3.82. The van der Waals surface area contributed by atoms with Gasteiger partial charge in [0.2, 0.25) is 10.0 Å². The number of rotatable bonds is 6. The van der Waals surface area contributed by atoms with Gasteiger partial charge in [-0.2, -0.15) is 4.31 Å². The molecule has 4 rings (SSSR count). The quantitative estimate of drug-likeness (QED) is 0.710. The number of hydrogen-bond acceptors (Lipinski definition) is 6. The van der Waals surface area contributed by atoms with Crippen LogP contribution in [-0.2, 0) is 27.8 Å². The highest BCUT2D eigenvalue weighted by Gasteiger charge is 2.26. The molecule has 0 aliphatic carbocycles. The first kappa shape index (κ1) is 20.4. The zero-order valence-corrected chi connectivity index (χ0v) is 17.4. The molecule has 0 spiro atoms. The molecule has 2 saturated heterocycles. The second kappa shape index (κ2) is 9.32. The third-order valence-electron chi connectivity index (χ3n) is 5.49. The monoisotopic (exact) mass is 416 g/mol. The normalized spacial score (nSPS) is 20.0. The van der Waals surface area contributed by atoms with Gasteiger partial charge in [-0.1, -0.05) is 18.2 Å². The summed E-state index contributed by atoms with van der Waals surface area (Å²) in [5, 5.41) is 0. The number of nitrogens with zero attached hydrogens (tertiary/aromatic N) is 4. The van der Waals surface area contributed by atoms with Crippen molar-refractivity contribution in [3.8, 4) is 0 Å². The van der Waals surface area contributed by atoms with Gasteiger partial charge in [-0.05, 0) is 29.8 Å². The van der Waals surface area contributed by atoms with Crippen LogP contribution in [0.1, 0.15) is 11.3 Å². The lowest BCUT2D eigenvalue weighted by Crippen LogP contribution is -2.45. The fraction of sp³-hybridized carbons (Fsp3) is 0.476. The summed E-state index contributed by atoms with van der Waals surface area (Å²) in [6.45, 7) is 7.32. The van der Waals surface area contributed by atoms with E-state index in [2.05, 4.69) is 20.9 Å². The van der Waals surface area contributed by atoms with Gasteiger partial charge < -0.3 is 4.74 Å². The van der Waals surface area contributed by atoms with Crippen LogP contribution in [0.15, 0.2) is 53.6 Å². The van der Waals surface area contributed by atoms with Gasteiger partial charge in [0.15, 0.2) is 0 Å². The topological polar surface area (TPSA) is 66.0 Å². The molecule has 29 heavy (non-hydrogen) atoms. The van der Waals surface area contributed by atoms with Crippen molar-refractivity contribution < 1.29 is 13.2 Å². The molecule has 156 valence electrons. The van der Waals surface area contributed by atoms with Crippen molar-refractivity contribution in [2.24, 2.45) is 0 Å². The van der Waals surface area contributed by atoms with E-state index in [0.717, 1.165) is 50.5 Å². The second-order valence-corrected chi connectivity index (χ2v) is 9.48. The van der Waals surface area contributed by atoms with E-state index < -0.39 is 10.0 Å². The Morgan fingerprint density at radius 2 is 1.59 bits per heavy atom. The number of ether oxygens (including phenoxy) is 1. The van der Waals surface area contributed by atoms with Gasteiger partial charge in [0, 0.05) is 58.6 Å². The molecule has 7 nitrogen and oxygen atoms in total. The summed E-state index contributed by atoms with van der Waals surface area (Å²) >= 11 is 0. The summed E-state index contributed by atoms with van der Waals surface area (Å²) in [6.07, 6.45) is 1.84. The van der Waals surface area contributed by atoms with Gasteiger partial charge in [0.25, 0.3) is 0 Å². The van der Waals surface area contributed by atoms with Crippen LogP contribution in [0.2, 0.25) is 0 Å². The van der Waals surface area contributed by atoms with Crippen LogP contribution < -0.4 is 0 Å². The van der Waals surface area contributed by atoms with Crippen LogP contribution in [0.25, 0.3) is 0 Å². The summed E-state index contributed by atoms with van der Waals surface area (Å²) in [5.41, 5.74) is 2.14. The van der Waals surface area contributed by atoms with Crippen LogP contribution >= 0.6 is 0 Å². The summed E-state index contributed by atoms with van der Waals surface area (Å²) in [4.78, 5) is 9.59. The number of pyridine rings is 1. The maximum atomic E-state index is 12.9. The highest BCUT2D eigenvalue weighted by atomic mass is 32.2. The summed E-state index contributed by atoms with van der Waals surface area (Å²) in [5.74, 6) is 0. The van der Waals surface area contributed by atoms with Crippen molar-refractivity contribution in [2.45, 2.75) is 18.0 Å². The highest BCUT2D eigenvalue weighted by molar-refractivity contribution is 7.89. The van der Waals surface area contributed by atoms with E-state index in [9.17, 15) is 8.42 Å². The first-order chi connectivity index (χ1) is 14.1. The zero-order chi connectivity index (χ0) is 20.1. The van der Waals surface area contributed by atoms with Crippen molar-refractivity contribution in [2.75, 3.05) is 52.5 Å². The van der Waals surface area contributed by atoms with Crippen LogP contribution in [0.3, 0.4) is 0 Å². The maximum absolute atomic E-state index is 12.9. The highest BCUT2D eigenvalue weighted by Crippen LogP contribution is 2.19. The average Bonchev–Trinajstić information content (AvgIpc) is 2.77. The lowest BCUT2D eigenvalue weighted by atomic mass is 10.2. The molecule has 0 unspecified atom stereocenters. The Bertz CT molecular complexity index is 893. The largest absolute Gasteiger partial charge is 0.379 e. The minimum Gasteiger partial charge on any atom is -0.379 e. The molecular weight excluding hydrogens is 388 g/mol. The summed E-state index contributed by atoms with van der Waals surface area (Å²) < 4.78 is 32.6. The maximum Gasteiger partial charge on any atom is 0.243 e. The van der Waals surface area contributed by atoms with Crippen molar-refractivity contribution in [3.63, 3.8) is 0 Å². The fourth-order valence-corrected chi connectivity index (χ4v) is 5.30. The van der Waals surface area contributed by atoms with Crippen LogP contribution in [0.5, 0.6) is 0 Å². The van der Waals surface area contributed by atoms with Gasteiger partial charge >= 0.3 is 0 Å². The number of sulfonamides is 1. The molecule has 8 heteroatoms. The molecule has 2 aliphatic rings. The molecule has 0 atom stereocenters. The van der Waals surface area contributed by atoms with Gasteiger partial charge in [-0.15, -0.1) is 0 Å².